The Morgan fingerprint density at radius 2 is 1.97 bits per heavy atom. The largest absolute Gasteiger partial charge is 0.478 e. The van der Waals surface area contributed by atoms with E-state index in [1.807, 2.05) is 29.2 Å². The van der Waals surface area contributed by atoms with E-state index in [2.05, 4.69) is 0 Å². The summed E-state index contributed by atoms with van der Waals surface area (Å²) < 4.78 is 23.4. The van der Waals surface area contributed by atoms with E-state index in [0.29, 0.717) is 17.7 Å². The molecule has 1 fully saturated rings. The van der Waals surface area contributed by atoms with Crippen LogP contribution in [0.15, 0.2) is 42.5 Å². The molecule has 3 aliphatic rings. The average Bonchev–Trinajstić information content (AvgIpc) is 2.79. The summed E-state index contributed by atoms with van der Waals surface area (Å²) >= 11 is 0. The standard InChI is InChI=1S/C23H24N2O7/c1-23(22(29-2)30-3)20-19(15-12-14(25(27)28)9-11-18(15)32-23)24-16-7-5-4-6-13(16)8-10-17(24)21(26)31-20/h4-7,9,11-12,17,19-20,22H,8,10H2,1-3H3/t17-,19+,20+,23-/m1/s1. The summed E-state index contributed by atoms with van der Waals surface area (Å²) in [5, 5.41) is 11.5. The topological polar surface area (TPSA) is 100 Å². The first-order valence-corrected chi connectivity index (χ1v) is 10.5. The molecule has 5 rings (SSSR count). The lowest BCUT2D eigenvalue weighted by Gasteiger charge is -2.56. The number of esters is 1. The number of nitrogens with zero attached hydrogens (tertiary/aromatic N) is 2. The summed E-state index contributed by atoms with van der Waals surface area (Å²) in [5.41, 5.74) is 1.39. The minimum Gasteiger partial charge on any atom is -0.478 e. The van der Waals surface area contributed by atoms with Crippen LogP contribution >= 0.6 is 0 Å². The van der Waals surface area contributed by atoms with E-state index >= 15 is 0 Å². The molecule has 4 atom stereocenters. The van der Waals surface area contributed by atoms with Gasteiger partial charge in [0, 0.05) is 37.6 Å². The van der Waals surface area contributed by atoms with E-state index in [4.69, 9.17) is 18.9 Å². The molecule has 2 aromatic carbocycles. The maximum atomic E-state index is 13.2. The van der Waals surface area contributed by atoms with E-state index in [-0.39, 0.29) is 11.7 Å². The number of carbonyl (C=O) groups excluding carboxylic acids is 1. The van der Waals surface area contributed by atoms with Gasteiger partial charge in [-0.1, -0.05) is 18.2 Å². The van der Waals surface area contributed by atoms with Crippen LogP contribution in [-0.4, -0.2) is 49.1 Å². The molecule has 0 aromatic heterocycles. The Labute approximate surface area is 185 Å². The molecule has 0 N–H and O–H groups in total. The number of morpholine rings is 1. The molecule has 3 aliphatic heterocycles. The third-order valence-electron chi connectivity index (χ3n) is 6.71. The molecule has 0 spiro atoms. The first-order chi connectivity index (χ1) is 15.4. The molecule has 0 amide bonds. The van der Waals surface area contributed by atoms with Crippen molar-refractivity contribution in [3.63, 3.8) is 0 Å². The third-order valence-corrected chi connectivity index (χ3v) is 6.71. The van der Waals surface area contributed by atoms with Crippen LogP contribution in [0.2, 0.25) is 0 Å². The number of non-ortho nitro benzene ring substituents is 1. The molecule has 1 saturated heterocycles. The molecular weight excluding hydrogens is 416 g/mol. The molecule has 9 heteroatoms. The zero-order chi connectivity index (χ0) is 22.6. The fraction of sp³-hybridized carbons (Fsp3) is 0.435. The Morgan fingerprint density at radius 3 is 2.69 bits per heavy atom. The lowest BCUT2D eigenvalue weighted by Crippen LogP contribution is -2.68. The number of rotatable bonds is 4. The van der Waals surface area contributed by atoms with Crippen LogP contribution in [-0.2, 0) is 25.4 Å². The van der Waals surface area contributed by atoms with Crippen molar-refractivity contribution < 1.29 is 28.7 Å². The number of anilines is 1. The van der Waals surface area contributed by atoms with E-state index in [1.54, 1.807) is 13.0 Å². The zero-order valence-electron chi connectivity index (χ0n) is 18.0. The SMILES string of the molecule is COC(OC)[C@]1(C)Oc2ccc([N+](=O)[O-])cc2[C@H]2[C@@H]1OC(=O)[C@H]1CCc3ccccc3N12. The number of ether oxygens (including phenoxy) is 4. The van der Waals surface area contributed by atoms with Crippen LogP contribution in [0.4, 0.5) is 11.4 Å². The van der Waals surface area contributed by atoms with Crippen molar-refractivity contribution in [1.29, 1.82) is 0 Å². The van der Waals surface area contributed by atoms with Crippen LogP contribution in [0.3, 0.4) is 0 Å². The van der Waals surface area contributed by atoms with Crippen LogP contribution in [0.5, 0.6) is 5.75 Å². The number of fused-ring (bicyclic) bond motifs is 7. The smallest absolute Gasteiger partial charge is 0.329 e. The van der Waals surface area contributed by atoms with Gasteiger partial charge in [0.05, 0.1) is 4.92 Å². The van der Waals surface area contributed by atoms with Crippen molar-refractivity contribution in [2.75, 3.05) is 19.1 Å². The maximum Gasteiger partial charge on any atom is 0.329 e. The Balaban J connectivity index is 1.75. The summed E-state index contributed by atoms with van der Waals surface area (Å²) in [6.45, 7) is 1.77. The number of hydrogen-bond donors (Lipinski definition) is 0. The number of carbonyl (C=O) groups is 1. The highest BCUT2D eigenvalue weighted by Crippen LogP contribution is 2.52. The van der Waals surface area contributed by atoms with Gasteiger partial charge in [0.1, 0.15) is 17.8 Å². The van der Waals surface area contributed by atoms with Crippen molar-refractivity contribution in [3.8, 4) is 5.75 Å². The Hall–Kier alpha value is -3.17. The van der Waals surface area contributed by atoms with Gasteiger partial charge in [0.25, 0.3) is 5.69 Å². The summed E-state index contributed by atoms with van der Waals surface area (Å²) in [6, 6.07) is 11.4. The molecule has 0 radical (unpaired) electrons. The van der Waals surface area contributed by atoms with Gasteiger partial charge in [-0.15, -0.1) is 0 Å². The van der Waals surface area contributed by atoms with E-state index < -0.39 is 35.0 Å². The van der Waals surface area contributed by atoms with Crippen LogP contribution < -0.4 is 9.64 Å². The second kappa shape index (κ2) is 7.46. The minimum absolute atomic E-state index is 0.0523. The highest BCUT2D eigenvalue weighted by Gasteiger charge is 2.61. The molecule has 3 heterocycles. The molecule has 0 unspecified atom stereocenters. The van der Waals surface area contributed by atoms with Crippen molar-refractivity contribution >= 4 is 17.3 Å². The molecule has 0 aliphatic carbocycles. The van der Waals surface area contributed by atoms with Gasteiger partial charge in [-0.25, -0.2) is 4.79 Å². The Bertz CT molecular complexity index is 1090. The highest BCUT2D eigenvalue weighted by atomic mass is 16.7. The van der Waals surface area contributed by atoms with Crippen molar-refractivity contribution in [1.82, 2.24) is 0 Å². The van der Waals surface area contributed by atoms with Crippen molar-refractivity contribution in [2.45, 2.75) is 49.8 Å². The minimum atomic E-state index is -1.19. The second-order valence-corrected chi connectivity index (χ2v) is 8.46. The van der Waals surface area contributed by atoms with Gasteiger partial charge in [-0.05, 0) is 37.5 Å². The summed E-state index contributed by atoms with van der Waals surface area (Å²) in [7, 11) is 2.99. The molecule has 9 nitrogen and oxygen atoms in total. The molecule has 32 heavy (non-hydrogen) atoms. The van der Waals surface area contributed by atoms with Crippen molar-refractivity contribution in [3.05, 3.63) is 63.7 Å². The maximum absolute atomic E-state index is 13.2. The molecule has 0 saturated carbocycles. The molecule has 168 valence electrons. The number of nitro groups is 1. The number of benzene rings is 2. The Kier molecular flexibility index (Phi) is 4.83. The van der Waals surface area contributed by atoms with E-state index in [0.717, 1.165) is 17.7 Å². The first-order valence-electron chi connectivity index (χ1n) is 10.5. The molecule has 2 aromatic rings. The quantitative estimate of drug-likeness (QED) is 0.309. The van der Waals surface area contributed by atoms with E-state index in [1.165, 1.54) is 26.4 Å². The number of methoxy groups -OCH3 is 2. The number of aryl methyl sites for hydroxylation is 1. The molecule has 0 bridgehead atoms. The predicted octanol–water partition coefficient (Wildman–Crippen LogP) is 3.15. The summed E-state index contributed by atoms with van der Waals surface area (Å²) in [6.07, 6.45) is -0.323. The summed E-state index contributed by atoms with van der Waals surface area (Å²) in [5.74, 6) is 0.119. The van der Waals surface area contributed by atoms with Crippen LogP contribution in [0.1, 0.15) is 30.5 Å². The second-order valence-electron chi connectivity index (χ2n) is 8.46. The average molecular weight is 440 g/mol. The van der Waals surface area contributed by atoms with Gasteiger partial charge in [0.2, 0.25) is 6.29 Å². The lowest BCUT2D eigenvalue weighted by molar-refractivity contribution is -0.385. The Morgan fingerprint density at radius 1 is 1.22 bits per heavy atom. The number of para-hydroxylation sites is 1. The fourth-order valence-corrected chi connectivity index (χ4v) is 5.32. The lowest BCUT2D eigenvalue weighted by atomic mass is 9.79. The number of nitro benzene ring substituents is 1. The monoisotopic (exact) mass is 440 g/mol. The van der Waals surface area contributed by atoms with Crippen LogP contribution in [0, 0.1) is 10.1 Å². The normalized spacial score (nSPS) is 28.1. The van der Waals surface area contributed by atoms with E-state index in [9.17, 15) is 14.9 Å². The van der Waals surface area contributed by atoms with Gasteiger partial charge >= 0.3 is 5.97 Å². The van der Waals surface area contributed by atoms with Gasteiger partial charge < -0.3 is 23.8 Å². The molecular formula is C23H24N2O7. The fourth-order valence-electron chi connectivity index (χ4n) is 5.32. The van der Waals surface area contributed by atoms with Gasteiger partial charge in [0.15, 0.2) is 11.7 Å². The third kappa shape index (κ3) is 2.88. The summed E-state index contributed by atoms with van der Waals surface area (Å²) in [4.78, 5) is 26.3. The first kappa shape index (κ1) is 20.7. The van der Waals surface area contributed by atoms with Gasteiger partial charge in [-0.2, -0.15) is 0 Å². The van der Waals surface area contributed by atoms with Gasteiger partial charge in [-0.3, -0.25) is 10.1 Å². The van der Waals surface area contributed by atoms with Crippen LogP contribution in [0.25, 0.3) is 0 Å². The predicted molar refractivity (Wildman–Crippen MR) is 114 cm³/mol. The number of hydrogen-bond acceptors (Lipinski definition) is 8. The zero-order valence-corrected chi connectivity index (χ0v) is 18.0. The highest BCUT2D eigenvalue weighted by molar-refractivity contribution is 5.84. The van der Waals surface area contributed by atoms with Crippen molar-refractivity contribution in [2.24, 2.45) is 0 Å².